The Morgan fingerprint density at radius 1 is 1.23 bits per heavy atom. The molecule has 1 aromatic carbocycles. The molecule has 1 heterocycles. The van der Waals surface area contributed by atoms with Crippen molar-refractivity contribution >= 4 is 15.9 Å². The average molecular weight is 378 g/mol. The van der Waals surface area contributed by atoms with Crippen LogP contribution < -0.4 is 10.0 Å². The predicted octanol–water partition coefficient (Wildman–Crippen LogP) is 2.03. The summed E-state index contributed by atoms with van der Waals surface area (Å²) in [5.41, 5.74) is 0.429. The molecule has 2 rings (SSSR count). The Morgan fingerprint density at radius 3 is 2.50 bits per heavy atom. The number of rotatable bonds is 9. The highest BCUT2D eigenvalue weighted by atomic mass is 32.2. The van der Waals surface area contributed by atoms with Crippen LogP contribution >= 0.6 is 0 Å². The third kappa shape index (κ3) is 5.67. The zero-order valence-corrected chi connectivity index (χ0v) is 16.2. The molecule has 26 heavy (non-hydrogen) atoms. The Bertz CT molecular complexity index is 801. The summed E-state index contributed by atoms with van der Waals surface area (Å²) >= 11 is 0. The second-order valence-corrected chi connectivity index (χ2v) is 8.21. The fraction of sp³-hybridized carbons (Fsp3) is 0.444. The largest absolute Gasteiger partial charge is 0.352 e. The average Bonchev–Trinajstić information content (AvgIpc) is 3.12. The first kappa shape index (κ1) is 20.1. The van der Waals surface area contributed by atoms with E-state index in [0.29, 0.717) is 25.1 Å². The van der Waals surface area contributed by atoms with E-state index in [1.54, 1.807) is 6.20 Å². The van der Waals surface area contributed by atoms with Gasteiger partial charge in [0.15, 0.2) is 0 Å². The van der Waals surface area contributed by atoms with Crippen molar-refractivity contribution in [3.63, 3.8) is 0 Å². The summed E-state index contributed by atoms with van der Waals surface area (Å²) in [5.74, 6) is -0.00520. The van der Waals surface area contributed by atoms with Gasteiger partial charge in [0, 0.05) is 37.1 Å². The van der Waals surface area contributed by atoms with Crippen LogP contribution in [0.5, 0.6) is 0 Å². The third-order valence-corrected chi connectivity index (χ3v) is 5.67. The van der Waals surface area contributed by atoms with Crippen molar-refractivity contribution in [1.29, 1.82) is 0 Å². The molecule has 0 saturated carbocycles. The van der Waals surface area contributed by atoms with Crippen molar-refractivity contribution in [3.8, 4) is 0 Å². The summed E-state index contributed by atoms with van der Waals surface area (Å²) in [6.07, 6.45) is 4.30. The Morgan fingerprint density at radius 2 is 1.92 bits per heavy atom. The second kappa shape index (κ2) is 8.95. The van der Waals surface area contributed by atoms with Gasteiger partial charge in [-0.25, -0.2) is 13.1 Å². The fourth-order valence-electron chi connectivity index (χ4n) is 2.36. The smallest absolute Gasteiger partial charge is 0.251 e. The highest BCUT2D eigenvalue weighted by Crippen LogP contribution is 2.12. The number of nitrogens with zero attached hydrogens (tertiary/aromatic N) is 2. The van der Waals surface area contributed by atoms with Gasteiger partial charge in [0.2, 0.25) is 10.0 Å². The molecule has 2 aromatic rings. The quantitative estimate of drug-likeness (QED) is 0.698. The zero-order chi connectivity index (χ0) is 19.2. The molecule has 0 spiro atoms. The van der Waals surface area contributed by atoms with Crippen molar-refractivity contribution < 1.29 is 13.2 Å². The van der Waals surface area contributed by atoms with Gasteiger partial charge >= 0.3 is 0 Å². The van der Waals surface area contributed by atoms with Crippen LogP contribution in [-0.4, -0.2) is 36.7 Å². The van der Waals surface area contributed by atoms with Crippen LogP contribution in [0.4, 0.5) is 0 Å². The third-order valence-electron chi connectivity index (χ3n) is 4.06. The molecular weight excluding hydrogens is 352 g/mol. The number of nitrogens with one attached hydrogen (secondary N) is 2. The minimum Gasteiger partial charge on any atom is -0.352 e. The number of aromatic nitrogens is 2. The van der Waals surface area contributed by atoms with Gasteiger partial charge in [0.1, 0.15) is 0 Å². The molecule has 0 saturated heterocycles. The minimum absolute atomic E-state index is 0.140. The highest BCUT2D eigenvalue weighted by Gasteiger charge is 2.17. The normalized spacial score (nSPS) is 14.0. The van der Waals surface area contributed by atoms with Crippen molar-refractivity contribution in [2.75, 3.05) is 6.54 Å². The lowest BCUT2D eigenvalue weighted by molar-refractivity contribution is 0.0946. The Balaban J connectivity index is 1.91. The SMILES string of the molecule is CCC(C)NS(=O)(=O)c1ccc(C(=O)NCC(C)Cn2cccn2)cc1. The van der Waals surface area contributed by atoms with Gasteiger partial charge in [-0.1, -0.05) is 13.8 Å². The first-order valence-electron chi connectivity index (χ1n) is 8.70. The summed E-state index contributed by atoms with van der Waals surface area (Å²) in [4.78, 5) is 12.4. The van der Waals surface area contributed by atoms with Gasteiger partial charge in [-0.3, -0.25) is 9.48 Å². The van der Waals surface area contributed by atoms with Gasteiger partial charge in [-0.15, -0.1) is 0 Å². The van der Waals surface area contributed by atoms with Crippen LogP contribution in [0.2, 0.25) is 0 Å². The molecule has 7 nitrogen and oxygen atoms in total. The number of hydrogen-bond donors (Lipinski definition) is 2. The van der Waals surface area contributed by atoms with Crippen LogP contribution in [0.3, 0.4) is 0 Å². The molecule has 1 aromatic heterocycles. The molecule has 1 amide bonds. The van der Waals surface area contributed by atoms with Crippen LogP contribution in [0.15, 0.2) is 47.6 Å². The van der Waals surface area contributed by atoms with Gasteiger partial charge in [0.25, 0.3) is 5.91 Å². The summed E-state index contributed by atoms with van der Waals surface area (Å²) < 4.78 is 28.9. The van der Waals surface area contributed by atoms with E-state index >= 15 is 0 Å². The van der Waals surface area contributed by atoms with Crippen LogP contribution in [0.1, 0.15) is 37.6 Å². The predicted molar refractivity (Wildman–Crippen MR) is 100 cm³/mol. The zero-order valence-electron chi connectivity index (χ0n) is 15.3. The summed E-state index contributed by atoms with van der Waals surface area (Å²) in [6, 6.07) is 7.67. The van der Waals surface area contributed by atoms with Crippen LogP contribution in [-0.2, 0) is 16.6 Å². The van der Waals surface area contributed by atoms with Crippen LogP contribution in [0, 0.1) is 5.92 Å². The first-order valence-corrected chi connectivity index (χ1v) is 10.2. The number of amides is 1. The summed E-state index contributed by atoms with van der Waals surface area (Å²) in [5, 5.41) is 7.01. The van der Waals surface area contributed by atoms with E-state index in [1.807, 2.05) is 37.7 Å². The Hall–Kier alpha value is -2.19. The van der Waals surface area contributed by atoms with E-state index in [1.165, 1.54) is 24.3 Å². The number of carbonyl (C=O) groups excluding carboxylic acids is 1. The van der Waals surface area contributed by atoms with E-state index < -0.39 is 10.0 Å². The van der Waals surface area contributed by atoms with Crippen LogP contribution in [0.25, 0.3) is 0 Å². The summed E-state index contributed by atoms with van der Waals surface area (Å²) in [6.45, 7) is 6.97. The molecule has 0 radical (unpaired) electrons. The van der Waals surface area contributed by atoms with Gasteiger partial charge in [0.05, 0.1) is 4.90 Å². The molecular formula is C18H26N4O3S. The highest BCUT2D eigenvalue weighted by molar-refractivity contribution is 7.89. The first-order chi connectivity index (χ1) is 12.3. The number of sulfonamides is 1. The molecule has 0 aliphatic rings. The lowest BCUT2D eigenvalue weighted by Crippen LogP contribution is -2.32. The number of carbonyl (C=O) groups is 1. The van der Waals surface area contributed by atoms with Gasteiger partial charge in [-0.05, 0) is 49.6 Å². The Labute approximate surface area is 154 Å². The van der Waals surface area contributed by atoms with E-state index in [0.717, 1.165) is 0 Å². The van der Waals surface area contributed by atoms with E-state index in [-0.39, 0.29) is 22.8 Å². The fourth-order valence-corrected chi connectivity index (χ4v) is 3.69. The molecule has 0 bridgehead atoms. The van der Waals surface area contributed by atoms with Crippen molar-refractivity contribution in [2.24, 2.45) is 5.92 Å². The topological polar surface area (TPSA) is 93.1 Å². The second-order valence-electron chi connectivity index (χ2n) is 6.50. The lowest BCUT2D eigenvalue weighted by atomic mass is 10.1. The molecule has 142 valence electrons. The van der Waals surface area contributed by atoms with Gasteiger partial charge < -0.3 is 5.32 Å². The molecule has 0 aliphatic carbocycles. The lowest BCUT2D eigenvalue weighted by Gasteiger charge is -2.14. The molecule has 2 N–H and O–H groups in total. The van der Waals surface area contributed by atoms with E-state index in [4.69, 9.17) is 0 Å². The monoisotopic (exact) mass is 378 g/mol. The minimum atomic E-state index is -3.56. The molecule has 2 atom stereocenters. The van der Waals surface area contributed by atoms with E-state index in [2.05, 4.69) is 15.1 Å². The maximum absolute atomic E-state index is 12.2. The molecule has 2 unspecified atom stereocenters. The number of hydrogen-bond acceptors (Lipinski definition) is 4. The maximum atomic E-state index is 12.2. The maximum Gasteiger partial charge on any atom is 0.251 e. The standard InChI is InChI=1S/C18H26N4O3S/c1-4-15(3)21-26(24,25)17-8-6-16(7-9-17)18(23)19-12-14(2)13-22-11-5-10-20-22/h5-11,14-15,21H,4,12-13H2,1-3H3,(H,19,23). The molecule has 8 heteroatoms. The van der Waals surface area contributed by atoms with E-state index in [9.17, 15) is 13.2 Å². The number of benzene rings is 1. The Kier molecular flexibility index (Phi) is 6.93. The molecule has 0 fully saturated rings. The van der Waals surface area contributed by atoms with Crippen molar-refractivity contribution in [3.05, 3.63) is 48.3 Å². The van der Waals surface area contributed by atoms with Crippen molar-refractivity contribution in [1.82, 2.24) is 19.8 Å². The van der Waals surface area contributed by atoms with Crippen molar-refractivity contribution in [2.45, 2.75) is 44.7 Å². The van der Waals surface area contributed by atoms with Gasteiger partial charge in [-0.2, -0.15) is 5.10 Å². The summed E-state index contributed by atoms with van der Waals surface area (Å²) in [7, 11) is -3.56. The molecule has 0 aliphatic heterocycles.